The molecule has 0 aliphatic heterocycles. The molecule has 0 rings (SSSR count). The lowest BCUT2D eigenvalue weighted by atomic mass is 10.0. The zero-order valence-electron chi connectivity index (χ0n) is 66.4. The van der Waals surface area contributed by atoms with Crippen LogP contribution in [0, 0.1) is 17.8 Å². The number of phosphoric acid groups is 2. The molecule has 2 unspecified atom stereocenters. The van der Waals surface area contributed by atoms with Gasteiger partial charge in [0.15, 0.2) is 12.2 Å². The molecule has 19 heteroatoms. The Morgan fingerprint density at radius 3 is 0.673 bits per heavy atom. The monoisotopic (exact) mass is 1480 g/mol. The van der Waals surface area contributed by atoms with Crippen LogP contribution in [0.2, 0.25) is 0 Å². The Kier molecular flexibility index (Phi) is 70.9. The minimum atomic E-state index is -4.96. The molecule has 3 N–H and O–H groups in total. The number of esters is 4. The summed E-state index contributed by atoms with van der Waals surface area (Å²) in [5, 5.41) is 10.7. The van der Waals surface area contributed by atoms with Gasteiger partial charge in [0.25, 0.3) is 0 Å². The van der Waals surface area contributed by atoms with Crippen molar-refractivity contribution in [2.24, 2.45) is 17.8 Å². The van der Waals surface area contributed by atoms with Crippen LogP contribution < -0.4 is 0 Å². The number of rotatable bonds is 80. The standard InChI is InChI=1S/C82H160O17P2/c1-8-9-10-11-12-13-25-35-42-49-56-63-79(84)92-69-77(98-82(87)66-59-52-45-38-31-24-18-21-28-34-41-48-55-62-75(6)7)71-96-100(88,89)94-67-76(83)68-95-101(90,91)97-72-78(99-81(86)65-58-51-44-37-30-23-17-15-20-27-33-40-47-54-61-74(4)5)70-93-80(85)64-57-50-43-36-29-22-16-14-19-26-32-39-46-53-60-73(2)3/h73-78,83H,8-72H2,1-7H3,(H,88,89)(H,90,91)/t76-,77+,78+/m0/s1. The number of aliphatic hydroxyl groups is 1. The third-order valence-electron chi connectivity index (χ3n) is 19.1. The molecule has 600 valence electrons. The van der Waals surface area contributed by atoms with E-state index in [1.165, 1.54) is 238 Å². The molecule has 0 aromatic carbocycles. The molecule has 0 saturated heterocycles. The second-order valence-electron chi connectivity index (χ2n) is 30.9. The molecule has 0 aromatic heterocycles. The van der Waals surface area contributed by atoms with Crippen molar-refractivity contribution in [3.8, 4) is 0 Å². The van der Waals surface area contributed by atoms with Gasteiger partial charge in [0.1, 0.15) is 19.3 Å². The van der Waals surface area contributed by atoms with Crippen LogP contribution >= 0.6 is 15.6 Å². The average molecular weight is 1480 g/mol. The summed E-state index contributed by atoms with van der Waals surface area (Å²) in [5.74, 6) is 0.273. The Labute approximate surface area is 619 Å². The van der Waals surface area contributed by atoms with Gasteiger partial charge in [-0.3, -0.25) is 37.3 Å². The van der Waals surface area contributed by atoms with E-state index in [1.54, 1.807) is 0 Å². The van der Waals surface area contributed by atoms with Gasteiger partial charge in [-0.1, -0.05) is 376 Å². The number of hydrogen-bond donors (Lipinski definition) is 3. The summed E-state index contributed by atoms with van der Waals surface area (Å²) in [4.78, 5) is 73.1. The SMILES string of the molecule is CCCCCCCCCCCCCC(=O)OC[C@H](COP(=O)(O)OC[C@H](O)COP(=O)(O)OC[C@@H](COC(=O)CCCCCCCCCCCCCCCCC(C)C)OC(=O)CCCCCCCCCCCCCCCCC(C)C)OC(=O)CCCCCCCCCCCCCCCC(C)C. The number of ether oxygens (including phenoxy) is 4. The Balaban J connectivity index is 5.26. The van der Waals surface area contributed by atoms with Crippen LogP contribution in [0.4, 0.5) is 0 Å². The van der Waals surface area contributed by atoms with E-state index in [1.807, 2.05) is 0 Å². The van der Waals surface area contributed by atoms with E-state index in [0.717, 1.165) is 108 Å². The highest BCUT2D eigenvalue weighted by atomic mass is 31.2. The first-order chi connectivity index (χ1) is 48.7. The second-order valence-corrected chi connectivity index (χ2v) is 33.8. The normalized spacial score (nSPS) is 14.0. The fourth-order valence-corrected chi connectivity index (χ4v) is 14.2. The third kappa shape index (κ3) is 76.1. The van der Waals surface area contributed by atoms with Gasteiger partial charge < -0.3 is 33.8 Å². The van der Waals surface area contributed by atoms with Crippen LogP contribution in [0.15, 0.2) is 0 Å². The maximum atomic E-state index is 13.1. The molecule has 5 atom stereocenters. The first-order valence-corrected chi connectivity index (χ1v) is 45.3. The van der Waals surface area contributed by atoms with E-state index in [2.05, 4.69) is 48.5 Å². The van der Waals surface area contributed by atoms with Gasteiger partial charge in [-0.25, -0.2) is 9.13 Å². The maximum Gasteiger partial charge on any atom is 0.472 e. The molecule has 0 aliphatic carbocycles. The van der Waals surface area contributed by atoms with Crippen molar-refractivity contribution in [2.45, 2.75) is 446 Å². The van der Waals surface area contributed by atoms with E-state index in [9.17, 15) is 43.2 Å². The van der Waals surface area contributed by atoms with E-state index in [-0.39, 0.29) is 25.7 Å². The van der Waals surface area contributed by atoms with Crippen LogP contribution in [-0.2, 0) is 65.4 Å². The van der Waals surface area contributed by atoms with Crippen LogP contribution in [0.1, 0.15) is 427 Å². The van der Waals surface area contributed by atoms with Crippen molar-refractivity contribution in [1.29, 1.82) is 0 Å². The summed E-state index contributed by atoms with van der Waals surface area (Å²) in [6, 6.07) is 0. The Hall–Kier alpha value is -1.94. The summed E-state index contributed by atoms with van der Waals surface area (Å²) in [6.45, 7) is 12.0. The highest BCUT2D eigenvalue weighted by Gasteiger charge is 2.30. The molecular formula is C82H160O17P2. The highest BCUT2D eigenvalue weighted by Crippen LogP contribution is 2.45. The van der Waals surface area contributed by atoms with Crippen LogP contribution in [0.25, 0.3) is 0 Å². The number of carbonyl (C=O) groups excluding carboxylic acids is 4. The predicted octanol–water partition coefficient (Wildman–Crippen LogP) is 24.5. The van der Waals surface area contributed by atoms with Gasteiger partial charge in [-0.15, -0.1) is 0 Å². The minimum absolute atomic E-state index is 0.107. The molecular weight excluding hydrogens is 1320 g/mol. The van der Waals surface area contributed by atoms with Gasteiger partial charge in [-0.2, -0.15) is 0 Å². The largest absolute Gasteiger partial charge is 0.472 e. The smallest absolute Gasteiger partial charge is 0.462 e. The molecule has 0 amide bonds. The quantitative estimate of drug-likeness (QED) is 0.0222. The fraction of sp³-hybridized carbons (Fsp3) is 0.951. The highest BCUT2D eigenvalue weighted by molar-refractivity contribution is 7.47. The van der Waals surface area contributed by atoms with Gasteiger partial charge in [0, 0.05) is 25.7 Å². The molecule has 0 bridgehead atoms. The second kappa shape index (κ2) is 72.3. The van der Waals surface area contributed by atoms with Crippen LogP contribution in [0.5, 0.6) is 0 Å². The predicted molar refractivity (Wildman–Crippen MR) is 414 cm³/mol. The van der Waals surface area contributed by atoms with Crippen molar-refractivity contribution >= 4 is 39.5 Å². The summed E-state index contributed by atoms with van der Waals surface area (Å²) < 4.78 is 68.8. The lowest BCUT2D eigenvalue weighted by Crippen LogP contribution is -2.30. The topological polar surface area (TPSA) is 237 Å². The molecule has 101 heavy (non-hydrogen) atoms. The Morgan fingerprint density at radius 2 is 0.455 bits per heavy atom. The molecule has 0 radical (unpaired) electrons. The summed E-state index contributed by atoms with van der Waals surface area (Å²) in [5.41, 5.74) is 0. The number of hydrogen-bond acceptors (Lipinski definition) is 15. The minimum Gasteiger partial charge on any atom is -0.462 e. The molecule has 0 fully saturated rings. The van der Waals surface area contributed by atoms with Crippen LogP contribution in [-0.4, -0.2) is 96.7 Å². The lowest BCUT2D eigenvalue weighted by Gasteiger charge is -2.21. The molecule has 0 heterocycles. The zero-order valence-corrected chi connectivity index (χ0v) is 68.2. The van der Waals surface area contributed by atoms with Gasteiger partial charge in [0.05, 0.1) is 26.4 Å². The molecule has 0 saturated carbocycles. The first kappa shape index (κ1) is 99.1. The summed E-state index contributed by atoms with van der Waals surface area (Å²) in [7, 11) is -9.92. The number of aliphatic hydroxyl groups excluding tert-OH is 1. The van der Waals surface area contributed by atoms with E-state index in [0.29, 0.717) is 25.7 Å². The maximum absolute atomic E-state index is 13.1. The van der Waals surface area contributed by atoms with E-state index in [4.69, 9.17) is 37.0 Å². The molecule has 0 aromatic rings. The zero-order chi connectivity index (χ0) is 74.4. The summed E-state index contributed by atoms with van der Waals surface area (Å²) in [6.07, 6.45) is 60.9. The molecule has 17 nitrogen and oxygen atoms in total. The van der Waals surface area contributed by atoms with Crippen molar-refractivity contribution in [3.63, 3.8) is 0 Å². The van der Waals surface area contributed by atoms with Crippen molar-refractivity contribution in [3.05, 3.63) is 0 Å². The number of phosphoric ester groups is 2. The van der Waals surface area contributed by atoms with E-state index >= 15 is 0 Å². The van der Waals surface area contributed by atoms with Gasteiger partial charge >= 0.3 is 39.5 Å². The van der Waals surface area contributed by atoms with Crippen molar-refractivity contribution < 1.29 is 80.2 Å². The van der Waals surface area contributed by atoms with Crippen molar-refractivity contribution in [2.75, 3.05) is 39.6 Å². The third-order valence-corrected chi connectivity index (χ3v) is 21.0. The number of unbranched alkanes of at least 4 members (excludes halogenated alkanes) is 48. The van der Waals surface area contributed by atoms with Gasteiger partial charge in [-0.05, 0) is 43.4 Å². The number of carbonyl (C=O) groups is 4. The summed E-state index contributed by atoms with van der Waals surface area (Å²) >= 11 is 0. The average Bonchev–Trinajstić information content (AvgIpc) is 1.02. The van der Waals surface area contributed by atoms with Crippen molar-refractivity contribution in [1.82, 2.24) is 0 Å². The fourth-order valence-electron chi connectivity index (χ4n) is 12.7. The Morgan fingerprint density at radius 1 is 0.267 bits per heavy atom. The first-order valence-electron chi connectivity index (χ1n) is 42.3. The van der Waals surface area contributed by atoms with Crippen LogP contribution in [0.3, 0.4) is 0 Å². The molecule has 0 spiro atoms. The Bertz CT molecular complexity index is 1960. The molecule has 0 aliphatic rings. The lowest BCUT2D eigenvalue weighted by molar-refractivity contribution is -0.161. The van der Waals surface area contributed by atoms with E-state index < -0.39 is 97.5 Å². The van der Waals surface area contributed by atoms with Gasteiger partial charge in [0.2, 0.25) is 0 Å².